The third-order valence-corrected chi connectivity index (χ3v) is 4.56. The van der Waals surface area contributed by atoms with Gasteiger partial charge in [-0.2, -0.15) is 13.2 Å². The molecule has 6 heteroatoms. The van der Waals surface area contributed by atoms with Crippen LogP contribution in [0.25, 0.3) is 0 Å². The largest absolute Gasteiger partial charge is 0.416 e. The Morgan fingerprint density at radius 1 is 1.19 bits per heavy atom. The molecule has 0 saturated carbocycles. The average molecular weight is 362 g/mol. The van der Waals surface area contributed by atoms with E-state index in [0.717, 1.165) is 30.9 Å². The lowest BCUT2D eigenvalue weighted by Crippen LogP contribution is -2.19. The van der Waals surface area contributed by atoms with Gasteiger partial charge in [0.05, 0.1) is 12.0 Å². The third kappa shape index (κ3) is 4.56. The number of anilines is 2. The average Bonchev–Trinajstić information content (AvgIpc) is 3.01. The monoisotopic (exact) mass is 362 g/mol. The number of rotatable bonds is 4. The molecular formula is C20H21F3N2O. The number of alkyl halides is 3. The molecule has 1 unspecified atom stereocenters. The lowest BCUT2D eigenvalue weighted by molar-refractivity contribution is -0.137. The number of carbonyl (C=O) groups is 1. The minimum atomic E-state index is -4.41. The molecule has 0 spiro atoms. The maximum atomic E-state index is 12.7. The van der Waals surface area contributed by atoms with Crippen LogP contribution in [0.1, 0.15) is 24.5 Å². The minimum absolute atomic E-state index is 0.102. The fraction of sp³-hybridized carbons (Fsp3) is 0.350. The van der Waals surface area contributed by atoms with E-state index in [1.54, 1.807) is 0 Å². The quantitative estimate of drug-likeness (QED) is 0.853. The van der Waals surface area contributed by atoms with Gasteiger partial charge >= 0.3 is 6.18 Å². The second-order valence-corrected chi connectivity index (χ2v) is 6.81. The molecule has 1 saturated heterocycles. The Morgan fingerprint density at radius 2 is 1.92 bits per heavy atom. The van der Waals surface area contributed by atoms with Gasteiger partial charge in [-0.25, -0.2) is 0 Å². The van der Waals surface area contributed by atoms with Crippen molar-refractivity contribution < 1.29 is 18.0 Å². The van der Waals surface area contributed by atoms with Gasteiger partial charge in [0.25, 0.3) is 0 Å². The van der Waals surface area contributed by atoms with E-state index in [1.165, 1.54) is 18.6 Å². The summed E-state index contributed by atoms with van der Waals surface area (Å²) in [6, 6.07) is 12.4. The van der Waals surface area contributed by atoms with Gasteiger partial charge in [-0.3, -0.25) is 4.79 Å². The van der Waals surface area contributed by atoms with Crippen molar-refractivity contribution in [3.05, 3.63) is 59.7 Å². The van der Waals surface area contributed by atoms with Gasteiger partial charge in [0.1, 0.15) is 0 Å². The standard InChI is InChI=1S/C20H21F3N2O/c1-14-9-10-25(13-14)18-7-5-17(6-8-18)24-19(26)12-15-3-2-4-16(11-15)20(21,22)23/h2-8,11,14H,9-10,12-13H2,1H3,(H,24,26). The van der Waals surface area contributed by atoms with Crippen LogP contribution in [-0.4, -0.2) is 19.0 Å². The highest BCUT2D eigenvalue weighted by atomic mass is 19.4. The Balaban J connectivity index is 1.60. The maximum absolute atomic E-state index is 12.7. The van der Waals surface area contributed by atoms with Crippen molar-refractivity contribution in [2.45, 2.75) is 25.9 Å². The summed E-state index contributed by atoms with van der Waals surface area (Å²) in [6.45, 7) is 4.28. The summed E-state index contributed by atoms with van der Waals surface area (Å²) < 4.78 is 38.2. The van der Waals surface area contributed by atoms with Crippen LogP contribution >= 0.6 is 0 Å². The molecule has 1 heterocycles. The van der Waals surface area contributed by atoms with Crippen LogP contribution in [0.2, 0.25) is 0 Å². The van der Waals surface area contributed by atoms with Crippen LogP contribution in [0.15, 0.2) is 48.5 Å². The SMILES string of the molecule is CC1CCN(c2ccc(NC(=O)Cc3cccc(C(F)(F)F)c3)cc2)C1. The summed E-state index contributed by atoms with van der Waals surface area (Å²) in [5.74, 6) is 0.341. The van der Waals surface area contributed by atoms with Crippen LogP contribution in [0.3, 0.4) is 0 Å². The summed E-state index contributed by atoms with van der Waals surface area (Å²) in [4.78, 5) is 14.4. The zero-order valence-corrected chi connectivity index (χ0v) is 14.5. The zero-order valence-electron chi connectivity index (χ0n) is 14.5. The van der Waals surface area contributed by atoms with Gasteiger partial charge in [-0.05, 0) is 48.2 Å². The van der Waals surface area contributed by atoms with E-state index in [0.29, 0.717) is 17.2 Å². The molecule has 3 rings (SSSR count). The molecule has 138 valence electrons. The van der Waals surface area contributed by atoms with Crippen molar-refractivity contribution in [2.24, 2.45) is 5.92 Å². The fourth-order valence-electron chi connectivity index (χ4n) is 3.17. The smallest absolute Gasteiger partial charge is 0.371 e. The minimum Gasteiger partial charge on any atom is -0.371 e. The topological polar surface area (TPSA) is 32.3 Å². The van der Waals surface area contributed by atoms with E-state index in [4.69, 9.17) is 0 Å². The van der Waals surface area contributed by atoms with Crippen molar-refractivity contribution in [3.8, 4) is 0 Å². The van der Waals surface area contributed by atoms with E-state index in [9.17, 15) is 18.0 Å². The van der Waals surface area contributed by atoms with Crippen molar-refractivity contribution in [2.75, 3.05) is 23.3 Å². The number of nitrogens with zero attached hydrogens (tertiary/aromatic N) is 1. The highest BCUT2D eigenvalue weighted by Gasteiger charge is 2.30. The molecule has 26 heavy (non-hydrogen) atoms. The molecule has 3 nitrogen and oxygen atoms in total. The van der Waals surface area contributed by atoms with E-state index in [2.05, 4.69) is 17.1 Å². The van der Waals surface area contributed by atoms with Crippen LogP contribution in [0, 0.1) is 5.92 Å². The highest BCUT2D eigenvalue weighted by Crippen LogP contribution is 2.29. The maximum Gasteiger partial charge on any atom is 0.416 e. The first-order chi connectivity index (χ1) is 12.3. The molecular weight excluding hydrogens is 341 g/mol. The van der Waals surface area contributed by atoms with Crippen molar-refractivity contribution in [1.82, 2.24) is 0 Å². The number of halogens is 3. The molecule has 0 bridgehead atoms. The molecule has 1 aliphatic rings. The first kappa shape index (κ1) is 18.3. The summed E-state index contributed by atoms with van der Waals surface area (Å²) in [7, 11) is 0. The van der Waals surface area contributed by atoms with E-state index in [1.807, 2.05) is 24.3 Å². The third-order valence-electron chi connectivity index (χ3n) is 4.56. The predicted octanol–water partition coefficient (Wildman–Crippen LogP) is 4.73. The van der Waals surface area contributed by atoms with E-state index >= 15 is 0 Å². The Morgan fingerprint density at radius 3 is 2.54 bits per heavy atom. The van der Waals surface area contributed by atoms with Gasteiger partial charge in [0, 0.05) is 24.5 Å². The van der Waals surface area contributed by atoms with Gasteiger partial charge < -0.3 is 10.2 Å². The molecule has 0 radical (unpaired) electrons. The Hall–Kier alpha value is -2.50. The normalized spacial score (nSPS) is 17.4. The van der Waals surface area contributed by atoms with Gasteiger partial charge in [-0.1, -0.05) is 25.1 Å². The Labute approximate surface area is 150 Å². The molecule has 1 fully saturated rings. The van der Waals surface area contributed by atoms with E-state index < -0.39 is 11.7 Å². The fourth-order valence-corrected chi connectivity index (χ4v) is 3.17. The van der Waals surface area contributed by atoms with Gasteiger partial charge in [-0.15, -0.1) is 0 Å². The number of benzene rings is 2. The number of amides is 1. The van der Waals surface area contributed by atoms with E-state index in [-0.39, 0.29) is 12.3 Å². The summed E-state index contributed by atoms with van der Waals surface area (Å²) in [5, 5.41) is 2.74. The summed E-state index contributed by atoms with van der Waals surface area (Å²) >= 11 is 0. The van der Waals surface area contributed by atoms with Gasteiger partial charge in [0.2, 0.25) is 5.91 Å². The lowest BCUT2D eigenvalue weighted by Gasteiger charge is -2.18. The summed E-state index contributed by atoms with van der Waals surface area (Å²) in [5.41, 5.74) is 1.34. The molecule has 2 aromatic rings. The highest BCUT2D eigenvalue weighted by molar-refractivity contribution is 5.92. The number of nitrogens with one attached hydrogen (secondary N) is 1. The number of hydrogen-bond acceptors (Lipinski definition) is 2. The van der Waals surface area contributed by atoms with Crippen molar-refractivity contribution in [1.29, 1.82) is 0 Å². The van der Waals surface area contributed by atoms with Crippen molar-refractivity contribution in [3.63, 3.8) is 0 Å². The molecule has 0 aromatic heterocycles. The molecule has 1 atom stereocenters. The second kappa shape index (κ2) is 7.40. The Bertz CT molecular complexity index is 771. The molecule has 1 amide bonds. The molecule has 1 aliphatic heterocycles. The van der Waals surface area contributed by atoms with Crippen molar-refractivity contribution >= 4 is 17.3 Å². The molecule has 2 aromatic carbocycles. The second-order valence-electron chi connectivity index (χ2n) is 6.81. The van der Waals surface area contributed by atoms with Crippen LogP contribution in [-0.2, 0) is 17.4 Å². The first-order valence-electron chi connectivity index (χ1n) is 8.62. The van der Waals surface area contributed by atoms with Crippen LogP contribution < -0.4 is 10.2 Å². The number of carbonyl (C=O) groups excluding carboxylic acids is 1. The molecule has 0 aliphatic carbocycles. The van der Waals surface area contributed by atoms with Crippen LogP contribution in [0.4, 0.5) is 24.5 Å². The predicted molar refractivity (Wildman–Crippen MR) is 96.2 cm³/mol. The lowest BCUT2D eigenvalue weighted by atomic mass is 10.1. The zero-order chi connectivity index (χ0) is 18.7. The van der Waals surface area contributed by atoms with Crippen LogP contribution in [0.5, 0.6) is 0 Å². The van der Waals surface area contributed by atoms with Gasteiger partial charge in [0.15, 0.2) is 0 Å². The summed E-state index contributed by atoms with van der Waals surface area (Å²) in [6.07, 6.45) is -3.33. The Kier molecular flexibility index (Phi) is 5.20. The molecule has 1 N–H and O–H groups in total. The number of hydrogen-bond donors (Lipinski definition) is 1. The first-order valence-corrected chi connectivity index (χ1v) is 8.62.